The molecule has 39 heavy (non-hydrogen) atoms. The van der Waals surface area contributed by atoms with Crippen molar-refractivity contribution in [3.63, 3.8) is 0 Å². The Bertz CT molecular complexity index is 1640. The molecule has 4 rings (SSSR count). The zero-order chi connectivity index (χ0) is 28.8. The van der Waals surface area contributed by atoms with Gasteiger partial charge in [-0.15, -0.1) is 9.53 Å². The minimum Gasteiger partial charge on any atom is -0.492 e. The molecule has 0 saturated heterocycles. The van der Waals surface area contributed by atoms with Crippen LogP contribution in [0, 0.1) is 0 Å². The number of hydrogen-bond acceptors (Lipinski definition) is 7. The molecule has 0 aliphatic rings. The Morgan fingerprint density at radius 1 is 1.13 bits per heavy atom. The van der Waals surface area contributed by atoms with E-state index < -0.39 is 15.4 Å². The molecule has 0 bridgehead atoms. The lowest BCUT2D eigenvalue weighted by Crippen LogP contribution is -2.37. The number of aromatic nitrogens is 3. The number of para-hydroxylation sites is 1. The van der Waals surface area contributed by atoms with Gasteiger partial charge in [0.2, 0.25) is 11.8 Å². The van der Waals surface area contributed by atoms with Crippen molar-refractivity contribution in [2.75, 3.05) is 35.4 Å². The molecular formula is C27H34N6O5S. The third kappa shape index (κ3) is 6.29. The number of methoxy groups -OCH3 is 1. The summed E-state index contributed by atoms with van der Waals surface area (Å²) in [6.07, 6.45) is 3.92. The van der Waals surface area contributed by atoms with Gasteiger partial charge in [0.15, 0.2) is 11.5 Å². The van der Waals surface area contributed by atoms with Crippen molar-refractivity contribution in [3.05, 3.63) is 59.9 Å². The molecule has 0 radical (unpaired) electrons. The van der Waals surface area contributed by atoms with E-state index in [1.807, 2.05) is 32.9 Å². The summed E-state index contributed by atoms with van der Waals surface area (Å²) >= 11 is 0. The number of ether oxygens (including phenoxy) is 2. The van der Waals surface area contributed by atoms with Crippen LogP contribution in [-0.4, -0.2) is 48.8 Å². The number of rotatable bonds is 7. The number of nitrogens with one attached hydrogen (secondary N) is 2. The number of fused-ring (bicyclic) bond motifs is 1. The average Bonchev–Trinajstić information content (AvgIpc) is 3.14. The Kier molecular flexibility index (Phi) is 6.82. The Morgan fingerprint density at radius 3 is 2.44 bits per heavy atom. The third-order valence-electron chi connectivity index (χ3n) is 5.92. The number of nitrogen functional groups attached to an aromatic ring is 1. The topological polar surface area (TPSA) is 154 Å². The largest absolute Gasteiger partial charge is 0.492 e. The van der Waals surface area contributed by atoms with Gasteiger partial charge in [0.1, 0.15) is 5.69 Å². The summed E-state index contributed by atoms with van der Waals surface area (Å²) in [7, 11) is -0.971. The van der Waals surface area contributed by atoms with Crippen LogP contribution in [0.25, 0.3) is 10.9 Å². The highest BCUT2D eigenvalue weighted by Gasteiger charge is 2.25. The first kappa shape index (κ1) is 27.9. The van der Waals surface area contributed by atoms with E-state index >= 15 is 0 Å². The SMILES string of the molecule is COc1c(NC(=O)c2cc3cccc(Oc4ccnc(N)n4)c3n2C)cc(C(C)(C)C)cc1NS(C)(C)(=O)O. The van der Waals surface area contributed by atoms with Crippen LogP contribution < -0.4 is 25.2 Å². The van der Waals surface area contributed by atoms with E-state index in [2.05, 4.69) is 20.0 Å². The number of nitrogens with two attached hydrogens (primary N) is 1. The zero-order valence-corrected chi connectivity index (χ0v) is 23.8. The van der Waals surface area contributed by atoms with Gasteiger partial charge in [0.05, 0.1) is 24.0 Å². The minimum absolute atomic E-state index is 0.0847. The van der Waals surface area contributed by atoms with E-state index in [9.17, 15) is 13.6 Å². The van der Waals surface area contributed by atoms with Crippen LogP contribution in [0.1, 0.15) is 36.8 Å². The Morgan fingerprint density at radius 2 is 1.82 bits per heavy atom. The molecule has 2 heterocycles. The van der Waals surface area contributed by atoms with Crippen LogP contribution in [0.3, 0.4) is 0 Å². The van der Waals surface area contributed by atoms with E-state index in [4.69, 9.17) is 15.2 Å². The van der Waals surface area contributed by atoms with Gasteiger partial charge >= 0.3 is 0 Å². The fourth-order valence-electron chi connectivity index (χ4n) is 4.16. The highest BCUT2D eigenvalue weighted by molar-refractivity contribution is 8.15. The van der Waals surface area contributed by atoms with Crippen molar-refractivity contribution < 1.29 is 23.0 Å². The molecule has 208 valence electrons. The molecule has 0 aliphatic carbocycles. The minimum atomic E-state index is -4.17. The summed E-state index contributed by atoms with van der Waals surface area (Å²) in [6.45, 7) is 6.02. The van der Waals surface area contributed by atoms with Crippen molar-refractivity contribution in [2.45, 2.75) is 26.2 Å². The first-order valence-corrected chi connectivity index (χ1v) is 14.8. The predicted octanol–water partition coefficient (Wildman–Crippen LogP) is 4.78. The zero-order valence-electron chi connectivity index (χ0n) is 23.0. The summed E-state index contributed by atoms with van der Waals surface area (Å²) < 4.78 is 39.2. The van der Waals surface area contributed by atoms with Crippen LogP contribution in [0.2, 0.25) is 0 Å². The van der Waals surface area contributed by atoms with Crippen LogP contribution >= 0.6 is 0 Å². The quantitative estimate of drug-likeness (QED) is 0.255. The van der Waals surface area contributed by atoms with Crippen molar-refractivity contribution >= 4 is 43.7 Å². The number of anilines is 3. The lowest BCUT2D eigenvalue weighted by atomic mass is 9.86. The lowest BCUT2D eigenvalue weighted by molar-refractivity contribution is 0.101. The number of benzene rings is 2. The maximum Gasteiger partial charge on any atom is 0.272 e. The summed E-state index contributed by atoms with van der Waals surface area (Å²) in [5.74, 6) is 0.673. The van der Waals surface area contributed by atoms with Gasteiger partial charge in [-0.2, -0.15) is 9.19 Å². The highest BCUT2D eigenvalue weighted by atomic mass is 32.3. The second-order valence-electron chi connectivity index (χ2n) is 10.8. The van der Waals surface area contributed by atoms with E-state index in [1.165, 1.54) is 25.8 Å². The normalized spacial score (nSPS) is 13.0. The van der Waals surface area contributed by atoms with Gasteiger partial charge in [-0.1, -0.05) is 32.9 Å². The summed E-state index contributed by atoms with van der Waals surface area (Å²) in [4.78, 5) is 21.6. The van der Waals surface area contributed by atoms with Crippen LogP contribution in [0.15, 0.2) is 48.7 Å². The standard InChI is InChI=1S/C27H34N6O5S/c1-27(2,3)17-14-18(24(37-5)19(15-17)32-39(6,7,35)36)30-25(34)20-13-16-9-8-10-21(23(16)33(20)4)38-22-11-12-29-26(28)31-22/h8-15H,1-7H3,(H,30,34)(H2,28,29,31)(H2,32,35,36). The monoisotopic (exact) mass is 554 g/mol. The smallest absolute Gasteiger partial charge is 0.272 e. The van der Waals surface area contributed by atoms with Crippen LogP contribution in [0.4, 0.5) is 17.3 Å². The first-order chi connectivity index (χ1) is 18.0. The molecule has 0 unspecified atom stereocenters. The molecule has 0 fully saturated rings. The van der Waals surface area contributed by atoms with E-state index in [0.29, 0.717) is 28.3 Å². The van der Waals surface area contributed by atoms with Gasteiger partial charge in [0.25, 0.3) is 5.91 Å². The Hall–Kier alpha value is -4.16. The number of aryl methyl sites for hydroxylation is 1. The van der Waals surface area contributed by atoms with Gasteiger partial charge in [-0.25, -0.2) is 4.98 Å². The molecular weight excluding hydrogens is 520 g/mol. The molecule has 2 aromatic heterocycles. The molecule has 4 aromatic rings. The van der Waals surface area contributed by atoms with Crippen molar-refractivity contribution in [3.8, 4) is 17.4 Å². The maximum atomic E-state index is 13.6. The van der Waals surface area contributed by atoms with Gasteiger partial charge in [0, 0.05) is 37.2 Å². The molecule has 1 amide bonds. The molecule has 0 spiro atoms. The Labute approximate surface area is 227 Å². The summed E-state index contributed by atoms with van der Waals surface area (Å²) in [5, 5.41) is 3.71. The third-order valence-corrected chi connectivity index (χ3v) is 6.73. The lowest BCUT2D eigenvalue weighted by Gasteiger charge is -2.37. The van der Waals surface area contributed by atoms with Gasteiger partial charge in [-0.05, 0) is 35.2 Å². The number of carbonyl (C=O) groups is 1. The molecule has 0 atom stereocenters. The number of hydrogen-bond donors (Lipinski definition) is 4. The van der Waals surface area contributed by atoms with Crippen molar-refractivity contribution in [1.29, 1.82) is 0 Å². The first-order valence-electron chi connectivity index (χ1n) is 12.1. The van der Waals surface area contributed by atoms with E-state index in [-0.39, 0.29) is 23.0 Å². The second kappa shape index (κ2) is 9.54. The van der Waals surface area contributed by atoms with E-state index in [1.54, 1.807) is 41.9 Å². The number of nitrogens with zero attached hydrogens (tertiary/aromatic N) is 3. The molecule has 11 nitrogen and oxygen atoms in total. The van der Waals surface area contributed by atoms with Crippen LogP contribution in [0.5, 0.6) is 17.4 Å². The number of carbonyl (C=O) groups excluding carboxylic acids is 1. The van der Waals surface area contributed by atoms with Gasteiger partial charge < -0.3 is 25.1 Å². The summed E-state index contributed by atoms with van der Waals surface area (Å²) in [5.41, 5.74) is 7.86. The fraction of sp³-hybridized carbons (Fsp3) is 0.296. The predicted molar refractivity (Wildman–Crippen MR) is 155 cm³/mol. The molecule has 5 N–H and O–H groups in total. The molecule has 12 heteroatoms. The molecule has 0 saturated carbocycles. The average molecular weight is 555 g/mol. The molecule has 2 aromatic carbocycles. The van der Waals surface area contributed by atoms with Crippen LogP contribution in [-0.2, 0) is 22.0 Å². The summed E-state index contributed by atoms with van der Waals surface area (Å²) in [6, 6.07) is 12.4. The van der Waals surface area contributed by atoms with Gasteiger partial charge in [-0.3, -0.25) is 14.1 Å². The van der Waals surface area contributed by atoms with E-state index in [0.717, 1.165) is 10.9 Å². The Balaban J connectivity index is 1.76. The fourth-order valence-corrected chi connectivity index (χ4v) is 4.94. The highest BCUT2D eigenvalue weighted by Crippen LogP contribution is 2.41. The van der Waals surface area contributed by atoms with Crippen molar-refractivity contribution in [2.24, 2.45) is 7.05 Å². The second-order valence-corrected chi connectivity index (χ2v) is 14.5. The maximum absolute atomic E-state index is 13.6. The number of amides is 1. The van der Waals surface area contributed by atoms with Crippen molar-refractivity contribution in [1.82, 2.24) is 14.5 Å². The molecule has 0 aliphatic heterocycles.